The minimum absolute atomic E-state index is 0.205. The maximum atomic E-state index is 5.87. The Labute approximate surface area is 107 Å². The van der Waals surface area contributed by atoms with Crippen molar-refractivity contribution in [3.63, 3.8) is 0 Å². The standard InChI is InChI=1S/C15H16ClN/c1-11(17)10-12-2-4-13(5-3-12)14-6-8-15(16)9-7-14/h2-9,11H,10,17H2,1H3. The van der Waals surface area contributed by atoms with Gasteiger partial charge in [-0.3, -0.25) is 0 Å². The summed E-state index contributed by atoms with van der Waals surface area (Å²) in [4.78, 5) is 0. The van der Waals surface area contributed by atoms with Crippen LogP contribution in [-0.4, -0.2) is 6.04 Å². The van der Waals surface area contributed by atoms with E-state index in [0.717, 1.165) is 11.4 Å². The van der Waals surface area contributed by atoms with E-state index in [2.05, 4.69) is 24.3 Å². The van der Waals surface area contributed by atoms with Gasteiger partial charge >= 0.3 is 0 Å². The SMILES string of the molecule is CC(N)Cc1ccc(-c2ccc(Cl)cc2)cc1. The molecule has 0 aromatic heterocycles. The first-order valence-electron chi connectivity index (χ1n) is 5.75. The molecule has 0 saturated carbocycles. The summed E-state index contributed by atoms with van der Waals surface area (Å²) in [6, 6.07) is 16.6. The van der Waals surface area contributed by atoms with Gasteiger partial charge in [-0.05, 0) is 42.2 Å². The second-order valence-electron chi connectivity index (χ2n) is 4.39. The first-order valence-corrected chi connectivity index (χ1v) is 6.13. The maximum Gasteiger partial charge on any atom is 0.0406 e. The van der Waals surface area contributed by atoms with Gasteiger partial charge in [0.25, 0.3) is 0 Å². The van der Waals surface area contributed by atoms with Crippen LogP contribution in [0.25, 0.3) is 11.1 Å². The van der Waals surface area contributed by atoms with E-state index in [1.165, 1.54) is 16.7 Å². The Kier molecular flexibility index (Phi) is 3.82. The summed E-state index contributed by atoms with van der Waals surface area (Å²) >= 11 is 5.87. The number of benzene rings is 2. The first kappa shape index (κ1) is 12.2. The highest BCUT2D eigenvalue weighted by atomic mass is 35.5. The van der Waals surface area contributed by atoms with Crippen LogP contribution in [0.3, 0.4) is 0 Å². The Morgan fingerprint density at radius 3 is 1.88 bits per heavy atom. The second-order valence-corrected chi connectivity index (χ2v) is 4.82. The highest BCUT2D eigenvalue weighted by Gasteiger charge is 2.00. The summed E-state index contributed by atoms with van der Waals surface area (Å²) in [6.07, 6.45) is 0.918. The van der Waals surface area contributed by atoms with Crippen LogP contribution in [0.4, 0.5) is 0 Å². The molecule has 1 nitrogen and oxygen atoms in total. The van der Waals surface area contributed by atoms with Crippen molar-refractivity contribution >= 4 is 11.6 Å². The Morgan fingerprint density at radius 2 is 1.41 bits per heavy atom. The molecule has 0 aliphatic carbocycles. The molecule has 0 saturated heterocycles. The first-order chi connectivity index (χ1) is 8.15. The number of rotatable bonds is 3. The molecule has 2 heteroatoms. The van der Waals surface area contributed by atoms with Crippen LogP contribution in [0.1, 0.15) is 12.5 Å². The van der Waals surface area contributed by atoms with Gasteiger partial charge in [-0.2, -0.15) is 0 Å². The molecule has 2 N–H and O–H groups in total. The van der Waals surface area contributed by atoms with Crippen molar-refractivity contribution in [3.8, 4) is 11.1 Å². The van der Waals surface area contributed by atoms with Crippen molar-refractivity contribution < 1.29 is 0 Å². The Balaban J connectivity index is 2.20. The molecule has 2 aromatic carbocycles. The molecule has 0 heterocycles. The molecule has 1 unspecified atom stereocenters. The van der Waals surface area contributed by atoms with E-state index in [9.17, 15) is 0 Å². The summed E-state index contributed by atoms with van der Waals surface area (Å²) < 4.78 is 0. The largest absolute Gasteiger partial charge is 0.328 e. The highest BCUT2D eigenvalue weighted by molar-refractivity contribution is 6.30. The van der Waals surface area contributed by atoms with Gasteiger partial charge in [0, 0.05) is 11.1 Å². The number of nitrogens with two attached hydrogens (primary N) is 1. The molecule has 0 spiro atoms. The van der Waals surface area contributed by atoms with Gasteiger partial charge in [0.2, 0.25) is 0 Å². The van der Waals surface area contributed by atoms with Gasteiger partial charge in [-0.25, -0.2) is 0 Å². The average Bonchev–Trinajstić information content (AvgIpc) is 2.30. The molecular formula is C15H16ClN. The van der Waals surface area contributed by atoms with Crippen molar-refractivity contribution in [2.24, 2.45) is 5.73 Å². The molecule has 0 bridgehead atoms. The van der Waals surface area contributed by atoms with Gasteiger partial charge in [-0.15, -0.1) is 0 Å². The zero-order valence-electron chi connectivity index (χ0n) is 9.86. The van der Waals surface area contributed by atoms with Crippen LogP contribution in [0.5, 0.6) is 0 Å². The van der Waals surface area contributed by atoms with E-state index < -0.39 is 0 Å². The molecule has 0 fully saturated rings. The van der Waals surface area contributed by atoms with Crippen LogP contribution in [0.15, 0.2) is 48.5 Å². The zero-order valence-corrected chi connectivity index (χ0v) is 10.6. The molecule has 2 aromatic rings. The summed E-state index contributed by atoms with van der Waals surface area (Å²) in [5, 5.41) is 0.766. The fraction of sp³-hybridized carbons (Fsp3) is 0.200. The van der Waals surface area contributed by atoms with Gasteiger partial charge in [0.05, 0.1) is 0 Å². The van der Waals surface area contributed by atoms with E-state index in [4.69, 9.17) is 17.3 Å². The molecule has 0 amide bonds. The highest BCUT2D eigenvalue weighted by Crippen LogP contribution is 2.22. The second kappa shape index (κ2) is 5.35. The third kappa shape index (κ3) is 3.32. The minimum Gasteiger partial charge on any atom is -0.328 e. The van der Waals surface area contributed by atoms with E-state index in [1.54, 1.807) is 0 Å². The van der Waals surface area contributed by atoms with E-state index in [1.807, 2.05) is 31.2 Å². The molecule has 0 aliphatic heterocycles. The molecule has 0 radical (unpaired) electrons. The van der Waals surface area contributed by atoms with E-state index >= 15 is 0 Å². The lowest BCUT2D eigenvalue weighted by Gasteiger charge is -2.07. The van der Waals surface area contributed by atoms with Gasteiger partial charge < -0.3 is 5.73 Å². The maximum absolute atomic E-state index is 5.87. The molecular weight excluding hydrogens is 230 g/mol. The third-order valence-electron chi connectivity index (χ3n) is 2.69. The Morgan fingerprint density at radius 1 is 0.941 bits per heavy atom. The number of halogens is 1. The Hall–Kier alpha value is -1.31. The lowest BCUT2D eigenvalue weighted by Crippen LogP contribution is -2.17. The fourth-order valence-electron chi connectivity index (χ4n) is 1.85. The lowest BCUT2D eigenvalue weighted by molar-refractivity contribution is 0.738. The van der Waals surface area contributed by atoms with Crippen LogP contribution in [0.2, 0.25) is 5.02 Å². The van der Waals surface area contributed by atoms with Crippen molar-refractivity contribution in [2.75, 3.05) is 0 Å². The van der Waals surface area contributed by atoms with E-state index in [0.29, 0.717) is 0 Å². The summed E-state index contributed by atoms with van der Waals surface area (Å²) in [6.45, 7) is 2.02. The predicted octanol–water partition coefficient (Wildman–Crippen LogP) is 3.90. The summed E-state index contributed by atoms with van der Waals surface area (Å²) in [5.74, 6) is 0. The van der Waals surface area contributed by atoms with Crippen LogP contribution >= 0.6 is 11.6 Å². The molecule has 1 atom stereocenters. The summed E-state index contributed by atoms with van der Waals surface area (Å²) in [5.41, 5.74) is 9.44. The fourth-order valence-corrected chi connectivity index (χ4v) is 1.97. The van der Waals surface area contributed by atoms with Gasteiger partial charge in [0.15, 0.2) is 0 Å². The molecule has 88 valence electrons. The van der Waals surface area contributed by atoms with Crippen LogP contribution < -0.4 is 5.73 Å². The predicted molar refractivity (Wildman–Crippen MR) is 74.2 cm³/mol. The Bertz CT molecular complexity index is 471. The molecule has 0 aliphatic rings. The molecule has 17 heavy (non-hydrogen) atoms. The quantitative estimate of drug-likeness (QED) is 0.872. The number of hydrogen-bond donors (Lipinski definition) is 1. The monoisotopic (exact) mass is 245 g/mol. The van der Waals surface area contributed by atoms with E-state index in [-0.39, 0.29) is 6.04 Å². The minimum atomic E-state index is 0.205. The topological polar surface area (TPSA) is 26.0 Å². The van der Waals surface area contributed by atoms with Crippen LogP contribution in [0, 0.1) is 0 Å². The zero-order chi connectivity index (χ0) is 12.3. The van der Waals surface area contributed by atoms with Gasteiger partial charge in [0.1, 0.15) is 0 Å². The smallest absolute Gasteiger partial charge is 0.0406 e. The number of hydrogen-bond acceptors (Lipinski definition) is 1. The third-order valence-corrected chi connectivity index (χ3v) is 2.94. The van der Waals surface area contributed by atoms with Crippen molar-refractivity contribution in [1.82, 2.24) is 0 Å². The van der Waals surface area contributed by atoms with Crippen molar-refractivity contribution in [2.45, 2.75) is 19.4 Å². The summed E-state index contributed by atoms with van der Waals surface area (Å²) in [7, 11) is 0. The van der Waals surface area contributed by atoms with Crippen molar-refractivity contribution in [3.05, 3.63) is 59.1 Å². The molecule has 2 rings (SSSR count). The van der Waals surface area contributed by atoms with Crippen LogP contribution in [-0.2, 0) is 6.42 Å². The lowest BCUT2D eigenvalue weighted by atomic mass is 10.0. The average molecular weight is 246 g/mol. The normalized spacial score (nSPS) is 12.4. The van der Waals surface area contributed by atoms with Crippen molar-refractivity contribution in [1.29, 1.82) is 0 Å². The van der Waals surface area contributed by atoms with Gasteiger partial charge in [-0.1, -0.05) is 48.0 Å².